The summed E-state index contributed by atoms with van der Waals surface area (Å²) in [7, 11) is 0. The van der Waals surface area contributed by atoms with Gasteiger partial charge in [0.15, 0.2) is 0 Å². The number of amides is 1. The van der Waals surface area contributed by atoms with E-state index in [2.05, 4.69) is 50.8 Å². The highest BCUT2D eigenvalue weighted by molar-refractivity contribution is 6.00. The van der Waals surface area contributed by atoms with E-state index < -0.39 is 0 Å². The van der Waals surface area contributed by atoms with Crippen LogP contribution < -0.4 is 5.32 Å². The van der Waals surface area contributed by atoms with E-state index in [1.807, 2.05) is 18.2 Å². The van der Waals surface area contributed by atoms with Gasteiger partial charge in [-0.25, -0.2) is 4.98 Å². The first-order chi connectivity index (χ1) is 12.3. The average molecular weight is 328 g/mol. The maximum Gasteiger partial charge on any atom is 0.270 e. The SMILES string of the molecule is O=C(NC1CC1)c1cc2c(-c3ccc4ccccc4c3)n[nH]c2cn1. The van der Waals surface area contributed by atoms with Gasteiger partial charge < -0.3 is 5.32 Å². The molecule has 0 atom stereocenters. The van der Waals surface area contributed by atoms with Crippen LogP contribution in [0.5, 0.6) is 0 Å². The van der Waals surface area contributed by atoms with Crippen molar-refractivity contribution in [3.8, 4) is 11.3 Å². The lowest BCUT2D eigenvalue weighted by atomic mass is 10.0. The molecule has 5 heteroatoms. The maximum absolute atomic E-state index is 12.3. The van der Waals surface area contributed by atoms with Crippen molar-refractivity contribution in [2.75, 3.05) is 0 Å². The van der Waals surface area contributed by atoms with E-state index in [1.54, 1.807) is 6.20 Å². The van der Waals surface area contributed by atoms with Crippen molar-refractivity contribution in [2.45, 2.75) is 18.9 Å². The summed E-state index contributed by atoms with van der Waals surface area (Å²) in [5.41, 5.74) is 3.11. The van der Waals surface area contributed by atoms with Gasteiger partial charge in [-0.2, -0.15) is 5.10 Å². The molecule has 5 rings (SSSR count). The van der Waals surface area contributed by atoms with Gasteiger partial charge in [-0.15, -0.1) is 0 Å². The minimum atomic E-state index is -0.116. The van der Waals surface area contributed by atoms with Gasteiger partial charge >= 0.3 is 0 Å². The van der Waals surface area contributed by atoms with Crippen LogP contribution >= 0.6 is 0 Å². The van der Waals surface area contributed by atoms with Gasteiger partial charge in [-0.05, 0) is 35.7 Å². The van der Waals surface area contributed by atoms with Crippen molar-refractivity contribution >= 4 is 27.6 Å². The monoisotopic (exact) mass is 328 g/mol. The summed E-state index contributed by atoms with van der Waals surface area (Å²) in [6, 6.07) is 16.6. The Hall–Kier alpha value is -3.21. The molecular formula is C20H16N4O. The predicted molar refractivity (Wildman–Crippen MR) is 97.3 cm³/mol. The quantitative estimate of drug-likeness (QED) is 0.603. The molecule has 2 heterocycles. The number of aromatic nitrogens is 3. The van der Waals surface area contributed by atoms with Gasteiger partial charge in [0, 0.05) is 17.0 Å². The zero-order valence-corrected chi connectivity index (χ0v) is 13.5. The molecule has 1 aliphatic rings. The Morgan fingerprint density at radius 2 is 1.92 bits per heavy atom. The normalized spacial score (nSPS) is 14.1. The van der Waals surface area contributed by atoms with Crippen LogP contribution in [0.2, 0.25) is 0 Å². The lowest BCUT2D eigenvalue weighted by Crippen LogP contribution is -2.26. The predicted octanol–water partition coefficient (Wildman–Crippen LogP) is 3.67. The van der Waals surface area contributed by atoms with Crippen LogP contribution in [0.3, 0.4) is 0 Å². The highest BCUT2D eigenvalue weighted by atomic mass is 16.2. The summed E-state index contributed by atoms with van der Waals surface area (Å²) < 4.78 is 0. The molecule has 0 aliphatic heterocycles. The zero-order chi connectivity index (χ0) is 16.8. The number of hydrogen-bond acceptors (Lipinski definition) is 3. The van der Waals surface area contributed by atoms with Gasteiger partial charge in [0.2, 0.25) is 0 Å². The van der Waals surface area contributed by atoms with Crippen molar-refractivity contribution in [1.82, 2.24) is 20.5 Å². The smallest absolute Gasteiger partial charge is 0.270 e. The fraction of sp³-hybridized carbons (Fsp3) is 0.150. The maximum atomic E-state index is 12.3. The number of nitrogens with zero attached hydrogens (tertiary/aromatic N) is 2. The molecule has 1 amide bonds. The molecule has 1 fully saturated rings. The molecule has 25 heavy (non-hydrogen) atoms. The second-order valence-electron chi connectivity index (χ2n) is 6.50. The summed E-state index contributed by atoms with van der Waals surface area (Å²) in [5, 5.41) is 13.7. The van der Waals surface area contributed by atoms with E-state index in [1.165, 1.54) is 5.39 Å². The van der Waals surface area contributed by atoms with Gasteiger partial charge in [0.1, 0.15) is 11.4 Å². The molecule has 2 aromatic heterocycles. The van der Waals surface area contributed by atoms with Crippen molar-refractivity contribution < 1.29 is 4.79 Å². The van der Waals surface area contributed by atoms with Crippen LogP contribution in [0.25, 0.3) is 32.9 Å². The third-order valence-electron chi connectivity index (χ3n) is 4.62. The molecule has 1 aliphatic carbocycles. The minimum absolute atomic E-state index is 0.116. The topological polar surface area (TPSA) is 70.7 Å². The number of carbonyl (C=O) groups is 1. The van der Waals surface area contributed by atoms with Crippen LogP contribution in [0.4, 0.5) is 0 Å². The van der Waals surface area contributed by atoms with Gasteiger partial charge in [-0.3, -0.25) is 9.89 Å². The lowest BCUT2D eigenvalue weighted by Gasteiger charge is -2.04. The molecule has 0 saturated heterocycles. The molecule has 0 bridgehead atoms. The molecule has 0 unspecified atom stereocenters. The molecule has 4 aromatic rings. The molecular weight excluding hydrogens is 312 g/mol. The number of aromatic amines is 1. The molecule has 0 radical (unpaired) electrons. The van der Waals surface area contributed by atoms with E-state index in [-0.39, 0.29) is 5.91 Å². The summed E-state index contributed by atoms with van der Waals surface area (Å²) in [6.07, 6.45) is 3.79. The second kappa shape index (κ2) is 5.41. The first-order valence-corrected chi connectivity index (χ1v) is 8.42. The lowest BCUT2D eigenvalue weighted by molar-refractivity contribution is 0.0946. The van der Waals surface area contributed by atoms with Gasteiger partial charge in [-0.1, -0.05) is 36.4 Å². The molecule has 0 spiro atoms. The first kappa shape index (κ1) is 14.2. The highest BCUT2D eigenvalue weighted by Crippen LogP contribution is 2.29. The number of H-pyrrole nitrogens is 1. The van der Waals surface area contributed by atoms with E-state index in [0.717, 1.165) is 40.4 Å². The number of pyridine rings is 1. The number of benzene rings is 2. The summed E-state index contributed by atoms with van der Waals surface area (Å²) >= 11 is 0. The summed E-state index contributed by atoms with van der Waals surface area (Å²) in [5.74, 6) is -0.116. The summed E-state index contributed by atoms with van der Waals surface area (Å²) in [4.78, 5) is 16.5. The van der Waals surface area contributed by atoms with Gasteiger partial charge in [0.05, 0.1) is 11.7 Å². The van der Waals surface area contributed by atoms with E-state index >= 15 is 0 Å². The van der Waals surface area contributed by atoms with Crippen molar-refractivity contribution in [3.63, 3.8) is 0 Å². The van der Waals surface area contributed by atoms with Crippen LogP contribution in [0.15, 0.2) is 54.7 Å². The summed E-state index contributed by atoms with van der Waals surface area (Å²) in [6.45, 7) is 0. The van der Waals surface area contributed by atoms with Crippen molar-refractivity contribution in [2.24, 2.45) is 0 Å². The fourth-order valence-corrected chi connectivity index (χ4v) is 3.08. The Morgan fingerprint density at radius 1 is 1.08 bits per heavy atom. The molecule has 5 nitrogen and oxygen atoms in total. The highest BCUT2D eigenvalue weighted by Gasteiger charge is 2.24. The zero-order valence-electron chi connectivity index (χ0n) is 13.5. The molecule has 2 N–H and O–H groups in total. The van der Waals surface area contributed by atoms with E-state index in [9.17, 15) is 4.79 Å². The Bertz CT molecular complexity index is 1110. The van der Waals surface area contributed by atoms with Crippen molar-refractivity contribution in [1.29, 1.82) is 0 Å². The largest absolute Gasteiger partial charge is 0.348 e. The fourth-order valence-electron chi connectivity index (χ4n) is 3.08. The van der Waals surface area contributed by atoms with Crippen LogP contribution in [0.1, 0.15) is 23.3 Å². The Labute approximate surface area is 144 Å². The molecule has 1 saturated carbocycles. The van der Waals surface area contributed by atoms with Crippen LogP contribution in [0, 0.1) is 0 Å². The number of nitrogens with one attached hydrogen (secondary N) is 2. The molecule has 2 aromatic carbocycles. The minimum Gasteiger partial charge on any atom is -0.348 e. The Morgan fingerprint density at radius 3 is 2.76 bits per heavy atom. The Kier molecular flexibility index (Phi) is 3.06. The van der Waals surface area contributed by atoms with Crippen molar-refractivity contribution in [3.05, 3.63) is 60.4 Å². The second-order valence-corrected chi connectivity index (χ2v) is 6.50. The van der Waals surface area contributed by atoms with Crippen LogP contribution in [-0.4, -0.2) is 27.1 Å². The third kappa shape index (κ3) is 2.54. The third-order valence-corrected chi connectivity index (χ3v) is 4.62. The number of hydrogen-bond donors (Lipinski definition) is 2. The average Bonchev–Trinajstić information content (AvgIpc) is 3.36. The van der Waals surface area contributed by atoms with E-state index in [4.69, 9.17) is 0 Å². The first-order valence-electron chi connectivity index (χ1n) is 8.42. The number of carbonyl (C=O) groups excluding carboxylic acids is 1. The van der Waals surface area contributed by atoms with Crippen LogP contribution in [-0.2, 0) is 0 Å². The van der Waals surface area contributed by atoms with Gasteiger partial charge in [0.25, 0.3) is 5.91 Å². The number of rotatable bonds is 3. The standard InChI is InChI=1S/C20H16N4O/c25-20(22-15-7-8-15)17-10-16-18(11-21-17)23-24-19(16)14-6-5-12-3-1-2-4-13(12)9-14/h1-6,9-11,15H,7-8H2,(H,22,25)(H,23,24). The number of fused-ring (bicyclic) bond motifs is 2. The molecule has 122 valence electrons. The van der Waals surface area contributed by atoms with E-state index in [0.29, 0.717) is 11.7 Å². The Balaban J connectivity index is 1.60.